The third kappa shape index (κ3) is 5.50. The lowest BCUT2D eigenvalue weighted by Crippen LogP contribution is -2.43. The van der Waals surface area contributed by atoms with Crippen molar-refractivity contribution in [3.05, 3.63) is 29.8 Å². The number of carbonyl (C=O) groups is 2. The molecule has 0 aromatic heterocycles. The summed E-state index contributed by atoms with van der Waals surface area (Å²) in [5, 5.41) is 2.63. The minimum Gasteiger partial charge on any atom is -0.454 e. The lowest BCUT2D eigenvalue weighted by Gasteiger charge is -2.23. The molecule has 150 valence electrons. The Hall–Kier alpha value is -1.97. The van der Waals surface area contributed by atoms with E-state index in [0.717, 1.165) is 9.87 Å². The maximum atomic E-state index is 12.8. The van der Waals surface area contributed by atoms with Crippen molar-refractivity contribution in [1.82, 2.24) is 9.62 Å². The molecule has 1 heterocycles. The van der Waals surface area contributed by atoms with E-state index in [4.69, 9.17) is 9.47 Å². The number of esters is 1. The normalized spacial score (nSPS) is 18.9. The summed E-state index contributed by atoms with van der Waals surface area (Å²) in [6, 6.07) is 5.34. The minimum atomic E-state index is -3.80. The highest BCUT2D eigenvalue weighted by molar-refractivity contribution is 7.89. The van der Waals surface area contributed by atoms with Gasteiger partial charge in [0.15, 0.2) is 6.61 Å². The maximum absolute atomic E-state index is 12.8. The summed E-state index contributed by atoms with van der Waals surface area (Å²) >= 11 is 0. The molecule has 8 nitrogen and oxygen atoms in total. The number of hydrogen-bond donors (Lipinski definition) is 1. The summed E-state index contributed by atoms with van der Waals surface area (Å²) in [5.74, 6) is -1.17. The number of ether oxygens (including phenoxy) is 2. The largest absolute Gasteiger partial charge is 0.454 e. The van der Waals surface area contributed by atoms with Crippen LogP contribution in [0.1, 0.15) is 25.3 Å². The van der Waals surface area contributed by atoms with Gasteiger partial charge in [-0.05, 0) is 38.8 Å². The van der Waals surface area contributed by atoms with Gasteiger partial charge in [0.05, 0.1) is 11.5 Å². The van der Waals surface area contributed by atoms with Crippen LogP contribution < -0.4 is 5.32 Å². The van der Waals surface area contributed by atoms with Crippen LogP contribution in [0.4, 0.5) is 0 Å². The van der Waals surface area contributed by atoms with E-state index in [-0.39, 0.29) is 17.5 Å². The van der Waals surface area contributed by atoms with Gasteiger partial charge in [0.2, 0.25) is 10.0 Å². The van der Waals surface area contributed by atoms with Crippen molar-refractivity contribution in [3.8, 4) is 0 Å². The van der Waals surface area contributed by atoms with E-state index in [1.807, 2.05) is 6.92 Å². The zero-order chi connectivity index (χ0) is 20.0. The van der Waals surface area contributed by atoms with Gasteiger partial charge in [-0.1, -0.05) is 17.7 Å². The third-order valence-electron chi connectivity index (χ3n) is 4.27. The van der Waals surface area contributed by atoms with Gasteiger partial charge in [-0.15, -0.1) is 0 Å². The van der Waals surface area contributed by atoms with E-state index in [1.165, 1.54) is 19.2 Å². The first-order valence-corrected chi connectivity index (χ1v) is 10.2. The van der Waals surface area contributed by atoms with Crippen LogP contribution in [0.25, 0.3) is 0 Å². The predicted octanol–water partition coefficient (Wildman–Crippen LogP) is 0.842. The van der Waals surface area contributed by atoms with E-state index in [1.54, 1.807) is 19.1 Å². The second-order valence-electron chi connectivity index (χ2n) is 6.62. The quantitative estimate of drug-likeness (QED) is 0.651. The number of nitrogens with one attached hydrogen (secondary N) is 1. The van der Waals surface area contributed by atoms with Gasteiger partial charge in [0.1, 0.15) is 6.04 Å². The van der Waals surface area contributed by atoms with Crippen molar-refractivity contribution in [2.45, 2.75) is 43.7 Å². The number of nitrogens with zero attached hydrogens (tertiary/aromatic N) is 1. The number of carbonyl (C=O) groups excluding carboxylic acids is 2. The molecule has 1 aromatic carbocycles. The number of methoxy groups -OCH3 is 1. The van der Waals surface area contributed by atoms with Gasteiger partial charge in [0, 0.05) is 19.7 Å². The van der Waals surface area contributed by atoms with Crippen molar-refractivity contribution >= 4 is 21.9 Å². The molecule has 0 aliphatic carbocycles. The molecule has 0 spiro atoms. The molecule has 1 fully saturated rings. The van der Waals surface area contributed by atoms with Crippen LogP contribution in [0.5, 0.6) is 0 Å². The fraction of sp³-hybridized carbons (Fsp3) is 0.556. The molecule has 0 saturated carbocycles. The number of aryl methyl sites for hydroxylation is 1. The summed E-state index contributed by atoms with van der Waals surface area (Å²) in [4.78, 5) is 24.3. The van der Waals surface area contributed by atoms with E-state index >= 15 is 0 Å². The van der Waals surface area contributed by atoms with Crippen molar-refractivity contribution in [1.29, 1.82) is 0 Å². The van der Waals surface area contributed by atoms with Gasteiger partial charge in [-0.2, -0.15) is 4.31 Å². The zero-order valence-electron chi connectivity index (χ0n) is 15.8. The molecule has 0 radical (unpaired) electrons. The highest BCUT2D eigenvalue weighted by Crippen LogP contribution is 2.27. The molecule has 1 aromatic rings. The molecular weight excluding hydrogens is 372 g/mol. The molecule has 1 aliphatic heterocycles. The first-order chi connectivity index (χ1) is 12.8. The number of hydrogen-bond acceptors (Lipinski definition) is 6. The molecule has 1 aliphatic rings. The van der Waals surface area contributed by atoms with Crippen LogP contribution in [0.15, 0.2) is 29.2 Å². The second kappa shape index (κ2) is 9.29. The first kappa shape index (κ1) is 21.3. The van der Waals surface area contributed by atoms with Crippen molar-refractivity contribution < 1.29 is 27.5 Å². The Morgan fingerprint density at radius 2 is 1.96 bits per heavy atom. The molecule has 2 rings (SSSR count). The fourth-order valence-electron chi connectivity index (χ4n) is 2.95. The maximum Gasteiger partial charge on any atom is 0.324 e. The van der Waals surface area contributed by atoms with E-state index in [2.05, 4.69) is 5.32 Å². The van der Waals surface area contributed by atoms with E-state index in [9.17, 15) is 18.0 Å². The molecular formula is C18H26N2O6S. The standard InChI is InChI=1S/C18H26N2O6S/c1-13-6-8-15(9-7-13)27(23,24)20-10-4-5-16(20)18(22)26-12-17(21)19-14(2)11-25-3/h6-9,14,16H,4-5,10-12H2,1-3H3,(H,19,21). The van der Waals surface area contributed by atoms with Crippen LogP contribution in [-0.4, -0.2) is 63.6 Å². The smallest absolute Gasteiger partial charge is 0.324 e. The average Bonchev–Trinajstić information content (AvgIpc) is 3.11. The summed E-state index contributed by atoms with van der Waals surface area (Å²) in [7, 11) is -2.28. The highest BCUT2D eigenvalue weighted by atomic mass is 32.2. The highest BCUT2D eigenvalue weighted by Gasteiger charge is 2.40. The van der Waals surface area contributed by atoms with E-state index < -0.39 is 34.5 Å². The number of benzene rings is 1. The van der Waals surface area contributed by atoms with Crippen LogP contribution in [-0.2, 0) is 29.1 Å². The molecule has 1 saturated heterocycles. The summed E-state index contributed by atoms with van der Waals surface area (Å²) in [5.41, 5.74) is 0.944. The van der Waals surface area contributed by atoms with Gasteiger partial charge >= 0.3 is 5.97 Å². The van der Waals surface area contributed by atoms with Crippen LogP contribution in [0.3, 0.4) is 0 Å². The molecule has 1 N–H and O–H groups in total. The molecule has 2 atom stereocenters. The van der Waals surface area contributed by atoms with Crippen LogP contribution in [0, 0.1) is 6.92 Å². The molecule has 9 heteroatoms. The summed E-state index contributed by atoms with van der Waals surface area (Å²) in [6.45, 7) is 3.75. The number of amides is 1. The molecule has 2 unspecified atom stereocenters. The fourth-order valence-corrected chi connectivity index (χ4v) is 4.60. The van der Waals surface area contributed by atoms with Gasteiger partial charge in [-0.3, -0.25) is 9.59 Å². The van der Waals surface area contributed by atoms with Crippen LogP contribution in [0.2, 0.25) is 0 Å². The Morgan fingerprint density at radius 3 is 2.59 bits per heavy atom. The second-order valence-corrected chi connectivity index (χ2v) is 8.51. The summed E-state index contributed by atoms with van der Waals surface area (Å²) in [6.07, 6.45) is 0.924. The molecule has 0 bridgehead atoms. The Morgan fingerprint density at radius 1 is 1.30 bits per heavy atom. The Labute approximate surface area is 159 Å². The lowest BCUT2D eigenvalue weighted by atomic mass is 10.2. The first-order valence-electron chi connectivity index (χ1n) is 8.79. The van der Waals surface area contributed by atoms with Gasteiger partial charge in [-0.25, -0.2) is 8.42 Å². The Bertz CT molecular complexity index is 763. The predicted molar refractivity (Wildman–Crippen MR) is 98.5 cm³/mol. The van der Waals surface area contributed by atoms with Crippen molar-refractivity contribution in [2.24, 2.45) is 0 Å². The zero-order valence-corrected chi connectivity index (χ0v) is 16.6. The molecule has 27 heavy (non-hydrogen) atoms. The van der Waals surface area contributed by atoms with Gasteiger partial charge in [0.25, 0.3) is 5.91 Å². The third-order valence-corrected chi connectivity index (χ3v) is 6.20. The SMILES string of the molecule is COCC(C)NC(=O)COC(=O)C1CCCN1S(=O)(=O)c1ccc(C)cc1. The number of sulfonamides is 1. The molecule has 1 amide bonds. The average molecular weight is 398 g/mol. The van der Waals surface area contributed by atoms with Gasteiger partial charge < -0.3 is 14.8 Å². The lowest BCUT2D eigenvalue weighted by molar-refractivity contribution is -0.151. The summed E-state index contributed by atoms with van der Waals surface area (Å²) < 4.78 is 36.8. The van der Waals surface area contributed by atoms with Crippen LogP contribution >= 0.6 is 0 Å². The Balaban J connectivity index is 1.99. The minimum absolute atomic E-state index is 0.138. The topological polar surface area (TPSA) is 102 Å². The van der Waals surface area contributed by atoms with Crippen molar-refractivity contribution in [3.63, 3.8) is 0 Å². The van der Waals surface area contributed by atoms with E-state index in [0.29, 0.717) is 19.4 Å². The monoisotopic (exact) mass is 398 g/mol. The van der Waals surface area contributed by atoms with Crippen molar-refractivity contribution in [2.75, 3.05) is 26.9 Å². The number of rotatable bonds is 8. The Kier molecular flexibility index (Phi) is 7.34.